The minimum Gasteiger partial charge on any atom is -0.481 e. The third-order valence-corrected chi connectivity index (χ3v) is 4.03. The molecule has 0 bridgehead atoms. The molecule has 2 N–H and O–H groups in total. The van der Waals surface area contributed by atoms with Crippen molar-refractivity contribution in [2.75, 3.05) is 18.4 Å². The van der Waals surface area contributed by atoms with Crippen LogP contribution in [-0.4, -0.2) is 41.3 Å². The number of hydrogen-bond donors (Lipinski definition) is 2. The van der Waals surface area contributed by atoms with Gasteiger partial charge in [0.15, 0.2) is 0 Å². The second-order valence-electron chi connectivity index (χ2n) is 5.84. The van der Waals surface area contributed by atoms with Gasteiger partial charge in [-0.2, -0.15) is 13.2 Å². The summed E-state index contributed by atoms with van der Waals surface area (Å²) in [5.74, 6) is -1.26. The molecule has 0 aromatic heterocycles. The normalized spacial score (nSPS) is 16.0. The molecule has 0 atom stereocenters. The molecule has 0 unspecified atom stereocenters. The lowest BCUT2D eigenvalue weighted by Gasteiger charge is -2.30. The summed E-state index contributed by atoms with van der Waals surface area (Å²) in [5.41, 5.74) is 1.05. The van der Waals surface area contributed by atoms with Crippen LogP contribution in [-0.2, 0) is 11.2 Å². The molecule has 1 aromatic rings. The van der Waals surface area contributed by atoms with Crippen molar-refractivity contribution in [2.24, 2.45) is 5.92 Å². The number of halogens is 3. The van der Waals surface area contributed by atoms with Crippen LogP contribution in [0.2, 0.25) is 0 Å². The minimum atomic E-state index is -4.19. The van der Waals surface area contributed by atoms with E-state index in [-0.39, 0.29) is 12.5 Å². The Kier molecular flexibility index (Phi) is 5.69. The van der Waals surface area contributed by atoms with Crippen LogP contribution in [0.25, 0.3) is 0 Å². The topological polar surface area (TPSA) is 69.6 Å². The van der Waals surface area contributed by atoms with Crippen molar-refractivity contribution in [1.29, 1.82) is 0 Å². The average molecular weight is 344 g/mol. The van der Waals surface area contributed by atoms with Gasteiger partial charge >= 0.3 is 18.2 Å². The zero-order chi connectivity index (χ0) is 17.7. The van der Waals surface area contributed by atoms with E-state index in [2.05, 4.69) is 5.32 Å². The Hall–Kier alpha value is -2.25. The van der Waals surface area contributed by atoms with Gasteiger partial charge in [0.2, 0.25) is 0 Å². The first-order chi connectivity index (χ1) is 11.2. The van der Waals surface area contributed by atoms with Crippen LogP contribution in [0.15, 0.2) is 24.3 Å². The first kappa shape index (κ1) is 18.1. The molecular weight excluding hydrogens is 325 g/mol. The number of carboxylic acid groups (broad SMARTS) is 1. The molecule has 2 rings (SSSR count). The number of aryl methyl sites for hydroxylation is 1. The Morgan fingerprint density at radius 3 is 2.25 bits per heavy atom. The van der Waals surface area contributed by atoms with Crippen LogP contribution in [0.1, 0.15) is 24.8 Å². The fraction of sp³-hybridized carbons (Fsp3) is 0.500. The van der Waals surface area contributed by atoms with Gasteiger partial charge in [-0.05, 0) is 37.0 Å². The maximum Gasteiger partial charge on any atom is 0.389 e. The summed E-state index contributed by atoms with van der Waals surface area (Å²) >= 11 is 0. The van der Waals surface area contributed by atoms with Crippen molar-refractivity contribution in [2.45, 2.75) is 31.9 Å². The number of likely N-dealkylation sites (tertiary alicyclic amines) is 1. The third kappa shape index (κ3) is 5.43. The van der Waals surface area contributed by atoms with Gasteiger partial charge in [-0.15, -0.1) is 0 Å². The fourth-order valence-corrected chi connectivity index (χ4v) is 2.57. The lowest BCUT2D eigenvalue weighted by Crippen LogP contribution is -2.42. The molecule has 5 nitrogen and oxygen atoms in total. The van der Waals surface area contributed by atoms with Crippen LogP contribution < -0.4 is 5.32 Å². The quantitative estimate of drug-likeness (QED) is 0.878. The standard InChI is InChI=1S/C16H19F3N2O3/c17-16(18,19)8-5-11-1-3-13(4-2-11)20-15(24)21-9-6-12(7-10-21)14(22)23/h1-4,12H,5-10H2,(H,20,24)(H,22,23). The maximum absolute atomic E-state index is 12.2. The largest absolute Gasteiger partial charge is 0.481 e. The third-order valence-electron chi connectivity index (χ3n) is 4.03. The van der Waals surface area contributed by atoms with E-state index in [0.29, 0.717) is 37.2 Å². The number of anilines is 1. The van der Waals surface area contributed by atoms with Gasteiger partial charge in [-0.3, -0.25) is 4.79 Å². The Morgan fingerprint density at radius 2 is 1.75 bits per heavy atom. The first-order valence-electron chi connectivity index (χ1n) is 7.69. The zero-order valence-electron chi connectivity index (χ0n) is 13.0. The summed E-state index contributed by atoms with van der Waals surface area (Å²) < 4.78 is 36.5. The fourth-order valence-electron chi connectivity index (χ4n) is 2.57. The van der Waals surface area contributed by atoms with Crippen molar-refractivity contribution in [3.63, 3.8) is 0 Å². The molecule has 0 spiro atoms. The smallest absolute Gasteiger partial charge is 0.389 e. The molecule has 1 heterocycles. The Balaban J connectivity index is 1.83. The van der Waals surface area contributed by atoms with Crippen molar-refractivity contribution in [3.05, 3.63) is 29.8 Å². The number of carbonyl (C=O) groups is 2. The predicted octanol–water partition coefficient (Wildman–Crippen LogP) is 3.51. The summed E-state index contributed by atoms with van der Waals surface area (Å²) in [6.07, 6.45) is -4.33. The van der Waals surface area contributed by atoms with Crippen molar-refractivity contribution < 1.29 is 27.9 Å². The number of amides is 2. The molecule has 24 heavy (non-hydrogen) atoms. The van der Waals surface area contributed by atoms with Gasteiger partial charge in [0.05, 0.1) is 5.92 Å². The number of hydrogen-bond acceptors (Lipinski definition) is 2. The van der Waals surface area contributed by atoms with Gasteiger partial charge in [0.25, 0.3) is 0 Å². The van der Waals surface area contributed by atoms with Crippen molar-refractivity contribution in [1.82, 2.24) is 4.90 Å². The summed E-state index contributed by atoms with van der Waals surface area (Å²) in [7, 11) is 0. The number of aliphatic carboxylic acids is 1. The average Bonchev–Trinajstić information content (AvgIpc) is 2.53. The molecule has 2 amide bonds. The first-order valence-corrected chi connectivity index (χ1v) is 7.69. The molecule has 8 heteroatoms. The highest BCUT2D eigenvalue weighted by molar-refractivity contribution is 5.89. The van der Waals surface area contributed by atoms with E-state index in [4.69, 9.17) is 5.11 Å². The van der Waals surface area contributed by atoms with Gasteiger partial charge < -0.3 is 15.3 Å². The van der Waals surface area contributed by atoms with E-state index in [0.717, 1.165) is 0 Å². The Labute approximate surface area is 137 Å². The summed E-state index contributed by atoms with van der Waals surface area (Å²) in [4.78, 5) is 24.5. The monoisotopic (exact) mass is 344 g/mol. The number of benzene rings is 1. The number of alkyl halides is 3. The molecule has 1 aromatic carbocycles. The number of nitrogens with one attached hydrogen (secondary N) is 1. The minimum absolute atomic E-state index is 0.0968. The number of piperidine rings is 1. The highest BCUT2D eigenvalue weighted by atomic mass is 19.4. The number of nitrogens with zero attached hydrogens (tertiary/aromatic N) is 1. The van der Waals surface area contributed by atoms with Crippen LogP contribution >= 0.6 is 0 Å². The van der Waals surface area contributed by atoms with Gasteiger partial charge in [-0.1, -0.05) is 12.1 Å². The predicted molar refractivity (Wildman–Crippen MR) is 81.8 cm³/mol. The van der Waals surface area contributed by atoms with Crippen LogP contribution in [0.5, 0.6) is 0 Å². The molecule has 1 fully saturated rings. The second-order valence-corrected chi connectivity index (χ2v) is 5.84. The van der Waals surface area contributed by atoms with E-state index in [9.17, 15) is 22.8 Å². The molecule has 1 aliphatic rings. The number of carbonyl (C=O) groups excluding carboxylic acids is 1. The van der Waals surface area contributed by atoms with Crippen LogP contribution in [0.3, 0.4) is 0 Å². The summed E-state index contributed by atoms with van der Waals surface area (Å²) in [6.45, 7) is 0.735. The Morgan fingerprint density at radius 1 is 1.17 bits per heavy atom. The van der Waals surface area contributed by atoms with E-state index < -0.39 is 24.5 Å². The molecule has 0 radical (unpaired) electrons. The molecule has 132 valence electrons. The Bertz CT molecular complexity index is 579. The van der Waals surface area contributed by atoms with E-state index in [1.165, 1.54) is 4.90 Å². The van der Waals surface area contributed by atoms with Crippen LogP contribution in [0, 0.1) is 5.92 Å². The van der Waals surface area contributed by atoms with Crippen molar-refractivity contribution in [3.8, 4) is 0 Å². The van der Waals surface area contributed by atoms with Gasteiger partial charge in [0, 0.05) is 25.2 Å². The maximum atomic E-state index is 12.2. The number of carboxylic acids is 1. The molecule has 1 saturated heterocycles. The summed E-state index contributed by atoms with van der Waals surface area (Å²) in [6, 6.07) is 5.90. The molecule has 0 aliphatic carbocycles. The molecule has 0 saturated carbocycles. The SMILES string of the molecule is O=C(O)C1CCN(C(=O)Nc2ccc(CCC(F)(F)F)cc2)CC1. The van der Waals surface area contributed by atoms with Crippen molar-refractivity contribution >= 4 is 17.7 Å². The molecule has 1 aliphatic heterocycles. The number of urea groups is 1. The highest BCUT2D eigenvalue weighted by Crippen LogP contribution is 2.23. The second kappa shape index (κ2) is 7.55. The van der Waals surface area contributed by atoms with E-state index >= 15 is 0 Å². The highest BCUT2D eigenvalue weighted by Gasteiger charge is 2.27. The summed E-state index contributed by atoms with van der Waals surface area (Å²) in [5, 5.41) is 11.6. The van der Waals surface area contributed by atoms with E-state index in [1.54, 1.807) is 24.3 Å². The number of rotatable bonds is 4. The molecular formula is C16H19F3N2O3. The van der Waals surface area contributed by atoms with Gasteiger partial charge in [0.1, 0.15) is 0 Å². The lowest BCUT2D eigenvalue weighted by atomic mass is 9.97. The van der Waals surface area contributed by atoms with Crippen LogP contribution in [0.4, 0.5) is 23.7 Å². The lowest BCUT2D eigenvalue weighted by molar-refractivity contribution is -0.143. The van der Waals surface area contributed by atoms with Gasteiger partial charge in [-0.25, -0.2) is 4.79 Å². The van der Waals surface area contributed by atoms with E-state index in [1.807, 2.05) is 0 Å². The zero-order valence-corrected chi connectivity index (χ0v) is 13.0.